The number of hydrogen-bond donors (Lipinski definition) is 2. The number of piperidine rings is 1. The van der Waals surface area contributed by atoms with Crippen LogP contribution in [0.15, 0.2) is 18.3 Å². The summed E-state index contributed by atoms with van der Waals surface area (Å²) in [7, 11) is 0. The van der Waals surface area contributed by atoms with Crippen LogP contribution in [0.3, 0.4) is 0 Å². The second-order valence-electron chi connectivity index (χ2n) is 4.64. The molecular weight excluding hydrogens is 216 g/mol. The highest BCUT2D eigenvalue weighted by atomic mass is 16.3. The first-order valence-corrected chi connectivity index (χ1v) is 6.24. The number of hydrogen-bond acceptors (Lipinski definition) is 4. The summed E-state index contributed by atoms with van der Waals surface area (Å²) in [5, 5.41) is 18.8. The van der Waals surface area contributed by atoms with Crippen molar-refractivity contribution in [3.05, 3.63) is 24.0 Å². The van der Waals surface area contributed by atoms with Crippen LogP contribution in [0.1, 0.15) is 38.0 Å². The average molecular weight is 236 g/mol. The number of nitrogens with zero attached hydrogens (tertiary/aromatic N) is 2. The van der Waals surface area contributed by atoms with Crippen LogP contribution < -0.4 is 4.90 Å². The molecule has 0 aromatic carbocycles. The third kappa shape index (κ3) is 2.76. The highest BCUT2D eigenvalue weighted by molar-refractivity contribution is 5.46. The van der Waals surface area contributed by atoms with Gasteiger partial charge in [-0.1, -0.05) is 0 Å². The zero-order valence-corrected chi connectivity index (χ0v) is 10.2. The van der Waals surface area contributed by atoms with E-state index < -0.39 is 6.10 Å². The summed E-state index contributed by atoms with van der Waals surface area (Å²) in [6, 6.07) is 4.04. The Morgan fingerprint density at radius 2 is 2.29 bits per heavy atom. The van der Waals surface area contributed by atoms with E-state index in [2.05, 4.69) is 9.88 Å². The van der Waals surface area contributed by atoms with Gasteiger partial charge in [-0.2, -0.15) is 0 Å². The molecule has 0 spiro atoms. The SMILES string of the molecule is C[C@@H](O)c1ccc(N2CCCCC2CO)cn1. The van der Waals surface area contributed by atoms with Gasteiger partial charge in [-0.15, -0.1) is 0 Å². The largest absolute Gasteiger partial charge is 0.394 e. The lowest BCUT2D eigenvalue weighted by Gasteiger charge is -2.36. The molecule has 2 heterocycles. The third-order valence-corrected chi connectivity index (χ3v) is 3.37. The second kappa shape index (κ2) is 5.47. The Bertz CT molecular complexity index is 351. The first-order valence-electron chi connectivity index (χ1n) is 6.24. The van der Waals surface area contributed by atoms with Gasteiger partial charge >= 0.3 is 0 Å². The Balaban J connectivity index is 2.15. The Morgan fingerprint density at radius 3 is 2.88 bits per heavy atom. The zero-order valence-electron chi connectivity index (χ0n) is 10.2. The molecule has 0 radical (unpaired) electrons. The van der Waals surface area contributed by atoms with Crippen molar-refractivity contribution in [2.24, 2.45) is 0 Å². The second-order valence-corrected chi connectivity index (χ2v) is 4.64. The van der Waals surface area contributed by atoms with Crippen LogP contribution in [0.4, 0.5) is 5.69 Å². The molecule has 1 fully saturated rings. The maximum Gasteiger partial charge on any atom is 0.0931 e. The maximum absolute atomic E-state index is 9.41. The van der Waals surface area contributed by atoms with Crippen molar-refractivity contribution in [3.8, 4) is 0 Å². The molecule has 2 atom stereocenters. The van der Waals surface area contributed by atoms with Crippen molar-refractivity contribution in [2.45, 2.75) is 38.3 Å². The summed E-state index contributed by atoms with van der Waals surface area (Å²) in [5.41, 5.74) is 1.72. The van der Waals surface area contributed by atoms with Crippen LogP contribution in [-0.2, 0) is 0 Å². The molecule has 2 rings (SSSR count). The number of aliphatic hydroxyl groups is 2. The number of rotatable bonds is 3. The fraction of sp³-hybridized carbons (Fsp3) is 0.615. The molecule has 1 saturated heterocycles. The van der Waals surface area contributed by atoms with Crippen molar-refractivity contribution in [1.29, 1.82) is 0 Å². The number of aromatic nitrogens is 1. The van der Waals surface area contributed by atoms with E-state index in [-0.39, 0.29) is 12.6 Å². The van der Waals surface area contributed by atoms with Gasteiger partial charge in [0.15, 0.2) is 0 Å². The van der Waals surface area contributed by atoms with Gasteiger partial charge in [-0.3, -0.25) is 4.98 Å². The summed E-state index contributed by atoms with van der Waals surface area (Å²) in [6.45, 7) is 2.87. The molecule has 2 N–H and O–H groups in total. The first-order chi connectivity index (χ1) is 8.22. The monoisotopic (exact) mass is 236 g/mol. The predicted molar refractivity (Wildman–Crippen MR) is 66.9 cm³/mol. The lowest BCUT2D eigenvalue weighted by atomic mass is 10.0. The first kappa shape index (κ1) is 12.3. The topological polar surface area (TPSA) is 56.6 Å². The van der Waals surface area contributed by atoms with Gasteiger partial charge in [0.2, 0.25) is 0 Å². The third-order valence-electron chi connectivity index (χ3n) is 3.37. The van der Waals surface area contributed by atoms with Crippen LogP contribution in [0.2, 0.25) is 0 Å². The van der Waals surface area contributed by atoms with E-state index in [4.69, 9.17) is 0 Å². The number of pyridine rings is 1. The van der Waals surface area contributed by atoms with Crippen LogP contribution in [0.5, 0.6) is 0 Å². The molecule has 0 aliphatic carbocycles. The van der Waals surface area contributed by atoms with Gasteiger partial charge in [-0.25, -0.2) is 0 Å². The van der Waals surface area contributed by atoms with E-state index in [1.165, 1.54) is 6.42 Å². The standard InChI is InChI=1S/C13H20N2O2/c1-10(17)13-6-5-11(8-14-13)15-7-3-2-4-12(15)9-16/h5-6,8,10,12,16-17H,2-4,7,9H2,1H3/t10-,12?/m1/s1. The van der Waals surface area contributed by atoms with Gasteiger partial charge < -0.3 is 15.1 Å². The van der Waals surface area contributed by atoms with Crippen molar-refractivity contribution in [3.63, 3.8) is 0 Å². The highest BCUT2D eigenvalue weighted by Crippen LogP contribution is 2.24. The van der Waals surface area contributed by atoms with E-state index in [1.807, 2.05) is 12.1 Å². The molecule has 1 aromatic rings. The van der Waals surface area contributed by atoms with E-state index >= 15 is 0 Å². The summed E-state index contributed by atoms with van der Waals surface area (Å²) in [5.74, 6) is 0. The van der Waals surface area contributed by atoms with Crippen LogP contribution in [0, 0.1) is 0 Å². The lowest BCUT2D eigenvalue weighted by Crippen LogP contribution is -2.41. The van der Waals surface area contributed by atoms with Crippen molar-refractivity contribution >= 4 is 5.69 Å². The summed E-state index contributed by atoms with van der Waals surface area (Å²) in [6.07, 6.45) is 4.64. The van der Waals surface area contributed by atoms with Crippen molar-refractivity contribution in [2.75, 3.05) is 18.1 Å². The quantitative estimate of drug-likeness (QED) is 0.834. The van der Waals surface area contributed by atoms with Gasteiger partial charge in [0.1, 0.15) is 0 Å². The average Bonchev–Trinajstić information content (AvgIpc) is 2.39. The molecule has 1 aliphatic heterocycles. The van der Waals surface area contributed by atoms with E-state index in [1.54, 1.807) is 13.1 Å². The fourth-order valence-corrected chi connectivity index (χ4v) is 2.34. The maximum atomic E-state index is 9.41. The van der Waals surface area contributed by atoms with E-state index in [0.717, 1.165) is 25.1 Å². The predicted octanol–water partition coefficient (Wildman–Crippen LogP) is 1.49. The zero-order chi connectivity index (χ0) is 12.3. The number of anilines is 1. The molecule has 1 aromatic heterocycles. The molecule has 94 valence electrons. The minimum Gasteiger partial charge on any atom is -0.394 e. The van der Waals surface area contributed by atoms with Crippen molar-refractivity contribution in [1.82, 2.24) is 4.98 Å². The fourth-order valence-electron chi connectivity index (χ4n) is 2.34. The highest BCUT2D eigenvalue weighted by Gasteiger charge is 2.22. The van der Waals surface area contributed by atoms with Gasteiger partial charge in [0.05, 0.1) is 36.3 Å². The molecule has 4 heteroatoms. The van der Waals surface area contributed by atoms with Crippen LogP contribution in [0.25, 0.3) is 0 Å². The van der Waals surface area contributed by atoms with E-state index in [0.29, 0.717) is 5.69 Å². The van der Waals surface area contributed by atoms with Crippen LogP contribution in [-0.4, -0.2) is 34.4 Å². The van der Waals surface area contributed by atoms with Gasteiger partial charge in [0, 0.05) is 6.54 Å². The molecule has 1 aliphatic rings. The molecule has 0 saturated carbocycles. The number of aliphatic hydroxyl groups excluding tert-OH is 2. The van der Waals surface area contributed by atoms with Gasteiger partial charge in [-0.05, 0) is 38.3 Å². The Morgan fingerprint density at radius 1 is 1.47 bits per heavy atom. The molecule has 4 nitrogen and oxygen atoms in total. The molecule has 0 amide bonds. The van der Waals surface area contributed by atoms with Crippen LogP contribution >= 0.6 is 0 Å². The van der Waals surface area contributed by atoms with Gasteiger partial charge in [0.25, 0.3) is 0 Å². The Labute approximate surface area is 102 Å². The minimum absolute atomic E-state index is 0.193. The van der Waals surface area contributed by atoms with E-state index in [9.17, 15) is 10.2 Å². The minimum atomic E-state index is -0.529. The summed E-state index contributed by atoms with van der Waals surface area (Å²) < 4.78 is 0. The lowest BCUT2D eigenvalue weighted by molar-refractivity contribution is 0.194. The van der Waals surface area contributed by atoms with Crippen molar-refractivity contribution < 1.29 is 10.2 Å². The molecule has 17 heavy (non-hydrogen) atoms. The molecule has 1 unspecified atom stereocenters. The summed E-state index contributed by atoms with van der Waals surface area (Å²) in [4.78, 5) is 6.46. The molecule has 0 bridgehead atoms. The normalized spacial score (nSPS) is 22.5. The Hall–Kier alpha value is -1.13. The Kier molecular flexibility index (Phi) is 3.97. The smallest absolute Gasteiger partial charge is 0.0931 e. The molecular formula is C13H20N2O2. The summed E-state index contributed by atoms with van der Waals surface area (Å²) >= 11 is 0.